The van der Waals surface area contributed by atoms with Gasteiger partial charge in [-0.25, -0.2) is 0 Å². The summed E-state index contributed by atoms with van der Waals surface area (Å²) in [5.41, 5.74) is -8.00. The zero-order valence-electron chi connectivity index (χ0n) is 13.6. The molecule has 0 spiro atoms. The molecule has 1 aromatic rings. The van der Waals surface area contributed by atoms with E-state index >= 15 is 0 Å². The van der Waals surface area contributed by atoms with Crippen LogP contribution in [-0.4, -0.2) is 23.6 Å². The summed E-state index contributed by atoms with van der Waals surface area (Å²) in [6, 6.07) is 0.807. The van der Waals surface area contributed by atoms with Crippen LogP contribution in [0.2, 0.25) is 0 Å². The van der Waals surface area contributed by atoms with E-state index in [1.807, 2.05) is 0 Å². The van der Waals surface area contributed by atoms with Gasteiger partial charge in [0.2, 0.25) is 0 Å². The zero-order chi connectivity index (χ0) is 20.3. The topological polar surface area (TPSA) is 20.2 Å². The molecule has 0 saturated heterocycles. The third kappa shape index (κ3) is 3.46. The van der Waals surface area contributed by atoms with Gasteiger partial charge in [-0.2, -0.15) is 39.5 Å². The molecule has 1 aromatic carbocycles. The summed E-state index contributed by atoms with van der Waals surface area (Å²) in [4.78, 5) is 0. The lowest BCUT2D eigenvalue weighted by molar-refractivity contribution is -0.181. The number of hydrogen-bond donors (Lipinski definition) is 1. The molecular weight excluding hydrogens is 379 g/mol. The van der Waals surface area contributed by atoms with Crippen molar-refractivity contribution in [1.82, 2.24) is 0 Å². The van der Waals surface area contributed by atoms with Gasteiger partial charge in [0.25, 0.3) is 0 Å². The van der Waals surface area contributed by atoms with Gasteiger partial charge >= 0.3 is 18.5 Å². The molecule has 0 amide bonds. The quantitative estimate of drug-likeness (QED) is 0.630. The summed E-state index contributed by atoms with van der Waals surface area (Å²) in [7, 11) is 0. The SMILES string of the molecule is CC(C)(c1cc(C2(C(F)(F)F)CC2)c(O)cc1CC(F)(F)F)C(F)(F)F. The van der Waals surface area contributed by atoms with Crippen LogP contribution in [0.5, 0.6) is 5.75 Å². The lowest BCUT2D eigenvalue weighted by atomic mass is 9.77. The van der Waals surface area contributed by atoms with Crippen molar-refractivity contribution in [3.8, 4) is 5.75 Å². The number of halogens is 9. The minimum absolute atomic E-state index is 0.372. The van der Waals surface area contributed by atoms with Crippen molar-refractivity contribution in [2.45, 2.75) is 62.5 Å². The molecule has 10 heteroatoms. The van der Waals surface area contributed by atoms with Crippen LogP contribution in [0.1, 0.15) is 43.4 Å². The van der Waals surface area contributed by atoms with Crippen molar-refractivity contribution in [3.05, 3.63) is 28.8 Å². The van der Waals surface area contributed by atoms with Gasteiger partial charge in [-0.05, 0) is 43.9 Å². The van der Waals surface area contributed by atoms with E-state index < -0.39 is 71.1 Å². The molecule has 0 aliphatic heterocycles. The first-order valence-electron chi connectivity index (χ1n) is 7.49. The first-order chi connectivity index (χ1) is 11.4. The number of benzene rings is 1. The van der Waals surface area contributed by atoms with Gasteiger partial charge in [-0.3, -0.25) is 0 Å². The number of phenolic OH excluding ortho intramolecular Hbond substituents is 1. The maximum absolute atomic E-state index is 13.3. The van der Waals surface area contributed by atoms with Gasteiger partial charge in [0.05, 0.1) is 17.3 Å². The summed E-state index contributed by atoms with van der Waals surface area (Å²) in [5.74, 6) is -1.08. The van der Waals surface area contributed by atoms with E-state index in [1.54, 1.807) is 0 Å². The number of phenols is 1. The van der Waals surface area contributed by atoms with Crippen molar-refractivity contribution in [2.75, 3.05) is 0 Å². The summed E-state index contributed by atoms with van der Waals surface area (Å²) in [6.45, 7) is 1.19. The van der Waals surface area contributed by atoms with Gasteiger partial charge in [0, 0.05) is 5.56 Å². The Labute approximate surface area is 142 Å². The smallest absolute Gasteiger partial charge is 0.398 e. The summed E-state index contributed by atoms with van der Waals surface area (Å²) < 4.78 is 118. The highest BCUT2D eigenvalue weighted by molar-refractivity contribution is 5.52. The highest BCUT2D eigenvalue weighted by Gasteiger charge is 2.65. The van der Waals surface area contributed by atoms with Crippen LogP contribution in [0, 0.1) is 0 Å². The Hall–Kier alpha value is -1.61. The van der Waals surface area contributed by atoms with Crippen LogP contribution < -0.4 is 0 Å². The second-order valence-corrected chi connectivity index (χ2v) is 7.02. The van der Waals surface area contributed by atoms with Crippen LogP contribution in [0.15, 0.2) is 12.1 Å². The molecule has 0 atom stereocenters. The van der Waals surface area contributed by atoms with E-state index in [-0.39, 0.29) is 0 Å². The van der Waals surface area contributed by atoms with Crippen LogP contribution in [-0.2, 0) is 17.3 Å². The fourth-order valence-corrected chi connectivity index (χ4v) is 2.94. The van der Waals surface area contributed by atoms with Crippen molar-refractivity contribution < 1.29 is 44.6 Å². The molecule has 1 fully saturated rings. The summed E-state index contributed by atoms with van der Waals surface area (Å²) in [6.07, 6.45) is -17.4. The summed E-state index contributed by atoms with van der Waals surface area (Å²) >= 11 is 0. The Morgan fingerprint density at radius 1 is 0.923 bits per heavy atom. The first kappa shape index (κ1) is 20.7. The lowest BCUT2D eigenvalue weighted by Crippen LogP contribution is -2.38. The Morgan fingerprint density at radius 2 is 1.42 bits per heavy atom. The van der Waals surface area contributed by atoms with Crippen LogP contribution in [0.25, 0.3) is 0 Å². The third-order valence-electron chi connectivity index (χ3n) is 4.80. The van der Waals surface area contributed by atoms with E-state index in [1.165, 1.54) is 0 Å². The van der Waals surface area contributed by atoms with Gasteiger partial charge < -0.3 is 5.11 Å². The van der Waals surface area contributed by atoms with Crippen molar-refractivity contribution in [3.63, 3.8) is 0 Å². The van der Waals surface area contributed by atoms with Crippen LogP contribution in [0.4, 0.5) is 39.5 Å². The molecule has 0 bridgehead atoms. The Morgan fingerprint density at radius 3 is 1.77 bits per heavy atom. The van der Waals surface area contributed by atoms with Crippen LogP contribution >= 0.6 is 0 Å². The molecule has 0 heterocycles. The highest BCUT2D eigenvalue weighted by Crippen LogP contribution is 2.61. The van der Waals surface area contributed by atoms with E-state index in [0.717, 1.165) is 0 Å². The molecule has 2 rings (SSSR count). The van der Waals surface area contributed by atoms with Crippen molar-refractivity contribution >= 4 is 0 Å². The van der Waals surface area contributed by atoms with Crippen molar-refractivity contribution in [2.24, 2.45) is 0 Å². The largest absolute Gasteiger partial charge is 0.508 e. The molecular formula is C16H15F9O. The Balaban J connectivity index is 2.72. The Bertz CT molecular complexity index is 691. The lowest BCUT2D eigenvalue weighted by Gasteiger charge is -2.32. The summed E-state index contributed by atoms with van der Waals surface area (Å²) in [5, 5.41) is 9.87. The Kier molecular flexibility index (Phi) is 4.53. The second-order valence-electron chi connectivity index (χ2n) is 7.02. The van der Waals surface area contributed by atoms with Gasteiger partial charge in [0.15, 0.2) is 0 Å². The number of alkyl halides is 9. The van der Waals surface area contributed by atoms with Gasteiger partial charge in [-0.1, -0.05) is 6.07 Å². The maximum Gasteiger partial charge on any atom is 0.398 e. The molecule has 148 valence electrons. The van der Waals surface area contributed by atoms with E-state index in [2.05, 4.69) is 0 Å². The molecule has 0 radical (unpaired) electrons. The standard InChI is InChI=1S/C16H15F9O/c1-12(2,15(20,21)22)9-6-10(13(3-4-13)16(23,24)25)11(26)5-8(9)7-14(17,18)19/h5-6,26H,3-4,7H2,1-2H3. The molecule has 1 aliphatic carbocycles. The monoisotopic (exact) mass is 394 g/mol. The van der Waals surface area contributed by atoms with Gasteiger partial charge in [-0.15, -0.1) is 0 Å². The molecule has 0 unspecified atom stereocenters. The second kappa shape index (κ2) is 5.69. The molecule has 0 aromatic heterocycles. The number of hydrogen-bond acceptors (Lipinski definition) is 1. The minimum Gasteiger partial charge on any atom is -0.508 e. The molecule has 1 N–H and O–H groups in total. The van der Waals surface area contributed by atoms with E-state index in [0.29, 0.717) is 26.0 Å². The molecule has 26 heavy (non-hydrogen) atoms. The predicted molar refractivity (Wildman–Crippen MR) is 73.9 cm³/mol. The number of rotatable bonds is 3. The zero-order valence-corrected chi connectivity index (χ0v) is 13.6. The average Bonchev–Trinajstić information content (AvgIpc) is 3.15. The first-order valence-corrected chi connectivity index (χ1v) is 7.49. The van der Waals surface area contributed by atoms with Crippen LogP contribution in [0.3, 0.4) is 0 Å². The van der Waals surface area contributed by atoms with E-state index in [9.17, 15) is 44.6 Å². The highest BCUT2D eigenvalue weighted by atomic mass is 19.4. The third-order valence-corrected chi connectivity index (χ3v) is 4.80. The normalized spacial score (nSPS) is 18.1. The van der Waals surface area contributed by atoms with Gasteiger partial charge in [0.1, 0.15) is 5.75 Å². The molecule has 1 saturated carbocycles. The predicted octanol–water partition coefficient (Wildman–Crippen LogP) is 5.93. The average molecular weight is 394 g/mol. The minimum atomic E-state index is -5.00. The van der Waals surface area contributed by atoms with Crippen molar-refractivity contribution in [1.29, 1.82) is 0 Å². The fraction of sp³-hybridized carbons (Fsp3) is 0.625. The molecule has 1 nitrogen and oxygen atoms in total. The maximum atomic E-state index is 13.3. The fourth-order valence-electron chi connectivity index (χ4n) is 2.94. The molecule has 1 aliphatic rings. The van der Waals surface area contributed by atoms with E-state index in [4.69, 9.17) is 0 Å². The number of aromatic hydroxyl groups is 1.